The Morgan fingerprint density at radius 3 is 2.79 bits per heavy atom. The Morgan fingerprint density at radius 1 is 1.17 bits per heavy atom. The van der Waals surface area contributed by atoms with Crippen molar-refractivity contribution < 1.29 is 23.8 Å². The Kier molecular flexibility index (Phi) is 5.40. The van der Waals surface area contributed by atoms with Crippen molar-refractivity contribution in [1.29, 1.82) is 0 Å². The van der Waals surface area contributed by atoms with Gasteiger partial charge in [0.2, 0.25) is 5.91 Å². The van der Waals surface area contributed by atoms with Gasteiger partial charge in [0.25, 0.3) is 5.91 Å². The monoisotopic (exact) mass is 396 g/mol. The summed E-state index contributed by atoms with van der Waals surface area (Å²) in [6.45, 7) is 1.03. The highest BCUT2D eigenvalue weighted by atomic mass is 16.5. The number of hydrogen-bond acceptors (Lipinski definition) is 5. The molecule has 2 aromatic carbocycles. The maximum absolute atomic E-state index is 13.4. The number of carbonyl (C=O) groups excluding carboxylic acids is 2. The molecule has 2 aliphatic rings. The van der Waals surface area contributed by atoms with Crippen LogP contribution in [0.2, 0.25) is 0 Å². The van der Waals surface area contributed by atoms with Crippen LogP contribution >= 0.6 is 0 Å². The van der Waals surface area contributed by atoms with Gasteiger partial charge in [-0.25, -0.2) is 0 Å². The third-order valence-electron chi connectivity index (χ3n) is 5.47. The van der Waals surface area contributed by atoms with E-state index < -0.39 is 6.04 Å². The second kappa shape index (κ2) is 8.13. The molecule has 0 aliphatic carbocycles. The zero-order valence-corrected chi connectivity index (χ0v) is 16.6. The minimum atomic E-state index is -0.672. The zero-order chi connectivity index (χ0) is 20.4. The van der Waals surface area contributed by atoms with Crippen LogP contribution in [0, 0.1) is 0 Å². The molecule has 29 heavy (non-hydrogen) atoms. The quantitative estimate of drug-likeness (QED) is 0.774. The van der Waals surface area contributed by atoms with E-state index in [1.54, 1.807) is 30.1 Å². The summed E-state index contributed by atoms with van der Waals surface area (Å²) >= 11 is 0. The van der Waals surface area contributed by atoms with Crippen molar-refractivity contribution in [1.82, 2.24) is 4.90 Å². The maximum Gasteiger partial charge on any atom is 0.252 e. The van der Waals surface area contributed by atoms with Crippen LogP contribution in [0.25, 0.3) is 0 Å². The number of anilines is 1. The van der Waals surface area contributed by atoms with Crippen molar-refractivity contribution >= 4 is 17.5 Å². The molecule has 7 nitrogen and oxygen atoms in total. The van der Waals surface area contributed by atoms with Crippen LogP contribution in [-0.2, 0) is 27.3 Å². The highest BCUT2D eigenvalue weighted by molar-refractivity contribution is 6.01. The lowest BCUT2D eigenvalue weighted by Gasteiger charge is -2.36. The van der Waals surface area contributed by atoms with E-state index in [-0.39, 0.29) is 31.6 Å². The molecule has 2 heterocycles. The van der Waals surface area contributed by atoms with E-state index >= 15 is 0 Å². The molecule has 0 bridgehead atoms. The number of para-hydroxylation sites is 1. The Labute approximate surface area is 169 Å². The van der Waals surface area contributed by atoms with Crippen molar-refractivity contribution in [2.45, 2.75) is 19.0 Å². The Bertz CT molecular complexity index is 929. The van der Waals surface area contributed by atoms with Gasteiger partial charge >= 0.3 is 0 Å². The van der Waals surface area contributed by atoms with Crippen LogP contribution in [0.15, 0.2) is 42.5 Å². The number of methoxy groups -OCH3 is 2. The number of carbonyl (C=O) groups is 2. The van der Waals surface area contributed by atoms with Gasteiger partial charge in [0.05, 0.1) is 27.4 Å². The van der Waals surface area contributed by atoms with Crippen molar-refractivity contribution in [3.63, 3.8) is 0 Å². The van der Waals surface area contributed by atoms with Crippen LogP contribution < -0.4 is 14.4 Å². The number of rotatable bonds is 5. The first-order chi connectivity index (χ1) is 14.1. The minimum absolute atomic E-state index is 0.0289. The number of ether oxygens (including phenoxy) is 3. The molecule has 0 unspecified atom stereocenters. The topological polar surface area (TPSA) is 68.3 Å². The van der Waals surface area contributed by atoms with Gasteiger partial charge in [0, 0.05) is 23.9 Å². The Morgan fingerprint density at radius 2 is 2.00 bits per heavy atom. The molecule has 2 aliphatic heterocycles. The highest BCUT2D eigenvalue weighted by Crippen LogP contribution is 2.31. The van der Waals surface area contributed by atoms with Gasteiger partial charge < -0.3 is 24.0 Å². The lowest BCUT2D eigenvalue weighted by atomic mass is 10.1. The number of benzene rings is 2. The molecule has 0 saturated carbocycles. The first kappa shape index (κ1) is 19.3. The zero-order valence-electron chi connectivity index (χ0n) is 16.6. The van der Waals surface area contributed by atoms with Gasteiger partial charge in [-0.05, 0) is 30.2 Å². The van der Waals surface area contributed by atoms with Gasteiger partial charge in [-0.1, -0.05) is 18.2 Å². The molecule has 0 aromatic heterocycles. The molecule has 0 spiro atoms. The van der Waals surface area contributed by atoms with Crippen LogP contribution in [-0.4, -0.2) is 56.7 Å². The normalized spacial score (nSPS) is 18.6. The molecule has 1 atom stereocenters. The maximum atomic E-state index is 13.4. The summed E-state index contributed by atoms with van der Waals surface area (Å²) in [5.41, 5.74) is 2.87. The fraction of sp³-hybridized carbons (Fsp3) is 0.364. The third kappa shape index (κ3) is 3.65. The van der Waals surface area contributed by atoms with E-state index in [9.17, 15) is 9.59 Å². The van der Waals surface area contributed by atoms with E-state index in [0.717, 1.165) is 23.2 Å². The summed E-state index contributed by atoms with van der Waals surface area (Å²) in [7, 11) is 3.16. The van der Waals surface area contributed by atoms with E-state index in [2.05, 4.69) is 0 Å². The van der Waals surface area contributed by atoms with Crippen LogP contribution in [0.1, 0.15) is 11.1 Å². The lowest BCUT2D eigenvalue weighted by Crippen LogP contribution is -2.56. The van der Waals surface area contributed by atoms with Crippen molar-refractivity contribution in [2.75, 3.05) is 38.9 Å². The van der Waals surface area contributed by atoms with Gasteiger partial charge in [-0.15, -0.1) is 0 Å². The summed E-state index contributed by atoms with van der Waals surface area (Å²) in [6, 6.07) is 12.6. The number of amides is 2. The van der Waals surface area contributed by atoms with Crippen LogP contribution in [0.3, 0.4) is 0 Å². The van der Waals surface area contributed by atoms with Gasteiger partial charge in [0.1, 0.15) is 24.1 Å². The number of nitrogens with zero attached hydrogens (tertiary/aromatic N) is 2. The molecule has 7 heteroatoms. The lowest BCUT2D eigenvalue weighted by molar-refractivity contribution is -0.154. The second-order valence-electron chi connectivity index (χ2n) is 7.10. The summed E-state index contributed by atoms with van der Waals surface area (Å²) in [6.07, 6.45) is 0.815. The third-order valence-corrected chi connectivity index (χ3v) is 5.47. The molecule has 4 rings (SSSR count). The van der Waals surface area contributed by atoms with Crippen LogP contribution in [0.4, 0.5) is 5.69 Å². The summed E-state index contributed by atoms with van der Waals surface area (Å²) in [5.74, 6) is 0.956. The molecular weight excluding hydrogens is 372 g/mol. The summed E-state index contributed by atoms with van der Waals surface area (Å²) < 4.78 is 16.1. The molecule has 0 N–H and O–H groups in total. The molecule has 2 aromatic rings. The molecular formula is C22H24N2O5. The average molecular weight is 396 g/mol. The van der Waals surface area contributed by atoms with E-state index in [0.29, 0.717) is 18.0 Å². The standard InChI is InChI=1S/C22H24N2O5/c1-27-17-8-7-16(20(11-17)28-2)12-24-19(13-29-14-21(24)25)22(26)23-10-9-15-5-3-4-6-18(15)23/h3-8,11,19H,9-10,12-14H2,1-2H3/t19-/m0/s1. The van der Waals surface area contributed by atoms with Crippen molar-refractivity contribution in [3.05, 3.63) is 53.6 Å². The number of morpholine rings is 1. The fourth-order valence-corrected chi connectivity index (χ4v) is 3.92. The highest BCUT2D eigenvalue weighted by Gasteiger charge is 2.38. The summed E-state index contributed by atoms with van der Waals surface area (Å²) in [4.78, 5) is 29.4. The first-order valence-corrected chi connectivity index (χ1v) is 9.59. The molecule has 152 valence electrons. The first-order valence-electron chi connectivity index (χ1n) is 9.59. The minimum Gasteiger partial charge on any atom is -0.497 e. The molecule has 1 fully saturated rings. The smallest absolute Gasteiger partial charge is 0.252 e. The van der Waals surface area contributed by atoms with Crippen molar-refractivity contribution in [3.8, 4) is 11.5 Å². The summed E-state index contributed by atoms with van der Waals surface area (Å²) in [5, 5.41) is 0. The van der Waals surface area contributed by atoms with Crippen molar-refractivity contribution in [2.24, 2.45) is 0 Å². The predicted molar refractivity (Wildman–Crippen MR) is 107 cm³/mol. The molecule has 2 amide bonds. The Balaban J connectivity index is 1.60. The van der Waals surface area contributed by atoms with Gasteiger partial charge in [0.15, 0.2) is 0 Å². The van der Waals surface area contributed by atoms with E-state index in [1.165, 1.54) is 0 Å². The largest absolute Gasteiger partial charge is 0.497 e. The fourth-order valence-electron chi connectivity index (χ4n) is 3.92. The predicted octanol–water partition coefficient (Wildman–Crippen LogP) is 2.02. The second-order valence-corrected chi connectivity index (χ2v) is 7.10. The van der Waals surface area contributed by atoms with E-state index in [1.807, 2.05) is 36.4 Å². The number of fused-ring (bicyclic) bond motifs is 1. The molecule has 0 radical (unpaired) electrons. The van der Waals surface area contributed by atoms with Crippen LogP contribution in [0.5, 0.6) is 11.5 Å². The van der Waals surface area contributed by atoms with Gasteiger partial charge in [-0.2, -0.15) is 0 Å². The average Bonchev–Trinajstić information content (AvgIpc) is 3.19. The molecule has 1 saturated heterocycles. The number of hydrogen-bond donors (Lipinski definition) is 0. The van der Waals surface area contributed by atoms with E-state index in [4.69, 9.17) is 14.2 Å². The Hall–Kier alpha value is -3.06. The SMILES string of the molecule is COc1ccc(CN2C(=O)COC[C@H]2C(=O)N2CCc3ccccc32)c(OC)c1. The van der Waals surface area contributed by atoms with Gasteiger partial charge in [-0.3, -0.25) is 9.59 Å².